The fourth-order valence-corrected chi connectivity index (χ4v) is 5.71. The van der Waals surface area contributed by atoms with Crippen molar-refractivity contribution in [2.45, 2.75) is 31.0 Å². The normalized spacial score (nSPS) is 27.8. The van der Waals surface area contributed by atoms with E-state index in [9.17, 15) is 39.2 Å². The van der Waals surface area contributed by atoms with Crippen molar-refractivity contribution in [3.63, 3.8) is 0 Å². The van der Waals surface area contributed by atoms with E-state index < -0.39 is 64.7 Å². The molecule has 12 heteroatoms. The SMILES string of the molecule is CN(C)[C@@H]1C(=O)C(C(N)=O)=C(O)[C@@]2(O)C(=O)C3=C(O)c4c(O)ccc(CNOCCF)c4CC3CC12. The van der Waals surface area contributed by atoms with E-state index in [0.29, 0.717) is 11.1 Å². The number of rotatable bonds is 7. The van der Waals surface area contributed by atoms with Crippen LogP contribution in [0.5, 0.6) is 5.75 Å². The largest absolute Gasteiger partial charge is 0.508 e. The molecule has 0 radical (unpaired) electrons. The molecule has 0 bridgehead atoms. The molecule has 7 N–H and O–H groups in total. The number of Topliss-reactive ketones (excluding diaryl/α,β-unsaturated/α-hetero) is 2. The number of nitrogens with one attached hydrogen (secondary N) is 1. The van der Waals surface area contributed by atoms with E-state index in [1.54, 1.807) is 6.07 Å². The number of aliphatic hydroxyl groups excluding tert-OH is 2. The third-order valence-corrected chi connectivity index (χ3v) is 7.25. The van der Waals surface area contributed by atoms with Crippen LogP contribution in [0.1, 0.15) is 23.1 Å². The Balaban J connectivity index is 1.86. The molecule has 1 aromatic carbocycles. The summed E-state index contributed by atoms with van der Waals surface area (Å²) in [5.74, 6) is -7.02. The average molecular weight is 505 g/mol. The molecule has 0 saturated heterocycles. The third kappa shape index (κ3) is 3.68. The number of phenolic OH excluding ortho intramolecular Hbond substituents is 1. The molecule has 0 aromatic heterocycles. The van der Waals surface area contributed by atoms with Crippen LogP contribution in [-0.2, 0) is 32.2 Å². The number of primary amides is 1. The summed E-state index contributed by atoms with van der Waals surface area (Å²) in [5, 5.41) is 44.0. The van der Waals surface area contributed by atoms with Gasteiger partial charge in [-0.1, -0.05) is 6.07 Å². The molecule has 0 heterocycles. The first kappa shape index (κ1) is 25.8. The Kier molecular flexibility index (Phi) is 6.64. The molecule has 0 spiro atoms. The molecule has 3 aliphatic rings. The maximum absolute atomic E-state index is 13.7. The first-order valence-electron chi connectivity index (χ1n) is 11.4. The minimum atomic E-state index is -2.68. The van der Waals surface area contributed by atoms with Gasteiger partial charge in [-0.25, -0.2) is 4.39 Å². The van der Waals surface area contributed by atoms with Gasteiger partial charge in [-0.2, -0.15) is 5.48 Å². The number of halogens is 1. The number of aliphatic hydroxyl groups is 3. The van der Waals surface area contributed by atoms with Crippen LogP contribution in [0.15, 0.2) is 29.0 Å². The number of nitrogens with two attached hydrogens (primary N) is 1. The van der Waals surface area contributed by atoms with Crippen molar-refractivity contribution in [1.29, 1.82) is 0 Å². The number of hydrogen-bond donors (Lipinski definition) is 6. The summed E-state index contributed by atoms with van der Waals surface area (Å²) in [6.07, 6.45) is 0.149. The van der Waals surface area contributed by atoms with Crippen molar-refractivity contribution < 1.29 is 44.0 Å². The summed E-state index contributed by atoms with van der Waals surface area (Å²) in [4.78, 5) is 45.2. The van der Waals surface area contributed by atoms with Crippen molar-refractivity contribution in [3.05, 3.63) is 45.7 Å². The van der Waals surface area contributed by atoms with Gasteiger partial charge in [-0.15, -0.1) is 0 Å². The van der Waals surface area contributed by atoms with E-state index in [2.05, 4.69) is 5.48 Å². The third-order valence-electron chi connectivity index (χ3n) is 7.25. The Hall–Kier alpha value is -3.32. The van der Waals surface area contributed by atoms with Crippen LogP contribution in [0.25, 0.3) is 5.76 Å². The van der Waals surface area contributed by atoms with Gasteiger partial charge in [0.25, 0.3) is 5.91 Å². The topological polar surface area (TPSA) is 183 Å². The van der Waals surface area contributed by atoms with E-state index in [1.165, 1.54) is 25.1 Å². The minimum absolute atomic E-state index is 0.00730. The van der Waals surface area contributed by atoms with Gasteiger partial charge in [0.05, 0.1) is 18.2 Å². The van der Waals surface area contributed by atoms with Gasteiger partial charge >= 0.3 is 0 Å². The van der Waals surface area contributed by atoms with Crippen molar-refractivity contribution in [3.8, 4) is 5.75 Å². The van der Waals surface area contributed by atoms with Crippen molar-refractivity contribution in [2.24, 2.45) is 17.6 Å². The highest BCUT2D eigenvalue weighted by atomic mass is 19.1. The number of fused-ring (bicyclic) bond motifs is 3. The molecule has 1 amide bonds. The molecular formula is C24H28FN3O8. The Labute approximate surface area is 205 Å². The van der Waals surface area contributed by atoms with E-state index in [4.69, 9.17) is 10.6 Å². The molecule has 11 nitrogen and oxygen atoms in total. The number of benzene rings is 1. The van der Waals surface area contributed by atoms with E-state index >= 15 is 0 Å². The maximum Gasteiger partial charge on any atom is 0.255 e. The van der Waals surface area contributed by atoms with Gasteiger partial charge in [-0.3, -0.25) is 24.1 Å². The van der Waals surface area contributed by atoms with Crippen LogP contribution < -0.4 is 11.2 Å². The zero-order valence-corrected chi connectivity index (χ0v) is 19.7. The van der Waals surface area contributed by atoms with Gasteiger partial charge in [0.15, 0.2) is 11.4 Å². The van der Waals surface area contributed by atoms with Gasteiger partial charge in [0.2, 0.25) is 5.78 Å². The Morgan fingerprint density at radius 1 is 1.28 bits per heavy atom. The molecule has 1 fully saturated rings. The van der Waals surface area contributed by atoms with Crippen molar-refractivity contribution >= 4 is 23.2 Å². The van der Waals surface area contributed by atoms with Gasteiger partial charge in [0, 0.05) is 18.0 Å². The van der Waals surface area contributed by atoms with Crippen LogP contribution in [0.4, 0.5) is 4.39 Å². The summed E-state index contributed by atoms with van der Waals surface area (Å²) >= 11 is 0. The Bertz CT molecular complexity index is 1210. The summed E-state index contributed by atoms with van der Waals surface area (Å²) in [7, 11) is 3.07. The van der Waals surface area contributed by atoms with E-state index in [1.807, 2.05) is 0 Å². The second-order valence-corrected chi connectivity index (χ2v) is 9.42. The molecule has 1 saturated carbocycles. The fourth-order valence-electron chi connectivity index (χ4n) is 5.71. The van der Waals surface area contributed by atoms with Crippen LogP contribution in [0, 0.1) is 11.8 Å². The van der Waals surface area contributed by atoms with Crippen LogP contribution in [0.2, 0.25) is 0 Å². The van der Waals surface area contributed by atoms with Crippen molar-refractivity contribution in [2.75, 3.05) is 27.4 Å². The maximum atomic E-state index is 13.7. The lowest BCUT2D eigenvalue weighted by atomic mass is 9.57. The molecule has 1 aromatic rings. The number of likely N-dealkylation sites (N-methyl/N-ethyl adjacent to an activating group) is 1. The number of amides is 1. The van der Waals surface area contributed by atoms with E-state index in [-0.39, 0.29) is 42.9 Å². The lowest BCUT2D eigenvalue weighted by molar-refractivity contribution is -0.153. The predicted molar refractivity (Wildman–Crippen MR) is 123 cm³/mol. The number of nitrogens with zero attached hydrogens (tertiary/aromatic N) is 1. The molecule has 4 rings (SSSR count). The lowest BCUT2D eigenvalue weighted by Crippen LogP contribution is -2.65. The summed E-state index contributed by atoms with van der Waals surface area (Å²) in [6.45, 7) is -0.743. The second-order valence-electron chi connectivity index (χ2n) is 9.42. The number of carbonyl (C=O) groups is 3. The van der Waals surface area contributed by atoms with Crippen LogP contribution in [0.3, 0.4) is 0 Å². The second kappa shape index (κ2) is 9.28. The molecule has 194 valence electrons. The predicted octanol–water partition coefficient (Wildman–Crippen LogP) is -0.0453. The zero-order chi connectivity index (χ0) is 26.5. The standard InChI is InChI=1S/C24H28FN3O8/c1-28(2)18-13-8-11-7-12-10(9-27-36-6-5-25)3-4-14(29)16(12)19(30)15(11)21(32)24(13,35)22(33)17(20(18)31)23(26)34/h3-4,11,13,18,27,29-30,33,35H,5-9H2,1-2H3,(H2,26,34)/t11?,13?,18-,24-/m0/s1. The number of ketones is 2. The minimum Gasteiger partial charge on any atom is -0.508 e. The first-order valence-corrected chi connectivity index (χ1v) is 11.4. The van der Waals surface area contributed by atoms with Crippen LogP contribution in [-0.4, -0.2) is 81.8 Å². The van der Waals surface area contributed by atoms with Gasteiger partial charge < -0.3 is 26.2 Å². The van der Waals surface area contributed by atoms with E-state index in [0.717, 1.165) is 0 Å². The summed E-state index contributed by atoms with van der Waals surface area (Å²) < 4.78 is 12.3. The number of aromatic hydroxyl groups is 1. The molecule has 0 aliphatic heterocycles. The summed E-state index contributed by atoms with van der Waals surface area (Å²) in [6, 6.07) is 1.76. The number of hydrogen-bond acceptors (Lipinski definition) is 10. The molecule has 3 aliphatic carbocycles. The van der Waals surface area contributed by atoms with Crippen molar-refractivity contribution in [1.82, 2.24) is 10.4 Å². The molecular weight excluding hydrogens is 477 g/mol. The Morgan fingerprint density at radius 2 is 1.97 bits per heavy atom. The van der Waals surface area contributed by atoms with Gasteiger partial charge in [0.1, 0.15) is 29.5 Å². The quantitative estimate of drug-likeness (QED) is 0.167. The number of phenols is 1. The number of hydroxylamine groups is 1. The highest BCUT2D eigenvalue weighted by Gasteiger charge is 2.64. The number of alkyl halides is 1. The monoisotopic (exact) mass is 505 g/mol. The molecule has 4 atom stereocenters. The molecule has 2 unspecified atom stereocenters. The first-order chi connectivity index (χ1) is 17.0. The summed E-state index contributed by atoms with van der Waals surface area (Å²) in [5.41, 5.74) is 5.25. The Morgan fingerprint density at radius 3 is 2.58 bits per heavy atom. The highest BCUT2D eigenvalue weighted by Crippen LogP contribution is 2.52. The highest BCUT2D eigenvalue weighted by molar-refractivity contribution is 6.24. The smallest absolute Gasteiger partial charge is 0.255 e. The van der Waals surface area contributed by atoms with Crippen LogP contribution >= 0.6 is 0 Å². The number of carbonyl (C=O) groups excluding carboxylic acids is 3. The average Bonchev–Trinajstić information content (AvgIpc) is 2.80. The fraction of sp³-hybridized carbons (Fsp3) is 0.458. The van der Waals surface area contributed by atoms with Gasteiger partial charge in [-0.05, 0) is 50.0 Å². The molecule has 36 heavy (non-hydrogen) atoms. The lowest BCUT2D eigenvalue weighted by Gasteiger charge is -2.50. The zero-order valence-electron chi connectivity index (χ0n) is 19.7.